The predicted molar refractivity (Wildman–Crippen MR) is 127 cm³/mol. The van der Waals surface area contributed by atoms with E-state index in [9.17, 15) is 10.2 Å². The Balaban J connectivity index is 1.78. The van der Waals surface area contributed by atoms with Crippen LogP contribution in [-0.4, -0.2) is 21.4 Å². The van der Waals surface area contributed by atoms with Gasteiger partial charge in [0.1, 0.15) is 0 Å². The molecule has 1 aromatic rings. The van der Waals surface area contributed by atoms with Crippen molar-refractivity contribution in [1.29, 1.82) is 0 Å². The minimum Gasteiger partial charge on any atom is -0.390 e. The first kappa shape index (κ1) is 23.5. The molecular weight excluding hydrogens is 368 g/mol. The number of rotatable bonds is 5. The molecular formula is C28H44O2. The van der Waals surface area contributed by atoms with E-state index in [-0.39, 0.29) is 11.3 Å². The van der Waals surface area contributed by atoms with E-state index in [0.717, 1.165) is 19.3 Å². The Morgan fingerprint density at radius 1 is 1.10 bits per heavy atom. The average Bonchev–Trinajstić information content (AvgIpc) is 2.61. The van der Waals surface area contributed by atoms with Gasteiger partial charge in [0.15, 0.2) is 0 Å². The Bertz CT molecular complexity index is 786. The van der Waals surface area contributed by atoms with Gasteiger partial charge in [0.2, 0.25) is 0 Å². The molecule has 0 aliphatic heterocycles. The highest BCUT2D eigenvalue weighted by atomic mass is 16.3. The topological polar surface area (TPSA) is 40.5 Å². The monoisotopic (exact) mass is 412 g/mol. The van der Waals surface area contributed by atoms with Crippen LogP contribution in [0.15, 0.2) is 24.3 Å². The Labute approximate surface area is 184 Å². The molecule has 0 bridgehead atoms. The normalized spacial score (nSPS) is 35.8. The Kier molecular flexibility index (Phi) is 6.35. The lowest BCUT2D eigenvalue weighted by Gasteiger charge is -2.61. The first-order valence-corrected chi connectivity index (χ1v) is 12.0. The van der Waals surface area contributed by atoms with Crippen molar-refractivity contribution in [3.63, 3.8) is 0 Å². The van der Waals surface area contributed by atoms with E-state index in [1.54, 1.807) is 0 Å². The SMILES string of the molecule is Cc1cccc(/C=C/[C@](C)(O)CC[C@@H]2[C@@]3(C)CCCC(C)(C)[C@@H]3CC[C@@]2(C)O)c1C. The van der Waals surface area contributed by atoms with Gasteiger partial charge in [-0.15, -0.1) is 0 Å². The van der Waals surface area contributed by atoms with Gasteiger partial charge in [0.25, 0.3) is 0 Å². The molecule has 0 amide bonds. The van der Waals surface area contributed by atoms with Crippen LogP contribution < -0.4 is 0 Å². The summed E-state index contributed by atoms with van der Waals surface area (Å²) in [5.41, 5.74) is 2.67. The molecule has 0 spiro atoms. The van der Waals surface area contributed by atoms with Crippen molar-refractivity contribution in [1.82, 2.24) is 0 Å². The van der Waals surface area contributed by atoms with Crippen molar-refractivity contribution >= 4 is 6.08 Å². The maximum atomic E-state index is 11.4. The van der Waals surface area contributed by atoms with Crippen LogP contribution in [0.2, 0.25) is 0 Å². The van der Waals surface area contributed by atoms with Crippen LogP contribution in [0.3, 0.4) is 0 Å². The molecule has 1 aromatic carbocycles. The van der Waals surface area contributed by atoms with Crippen LogP contribution in [0.5, 0.6) is 0 Å². The number of hydrogen-bond donors (Lipinski definition) is 2. The van der Waals surface area contributed by atoms with E-state index in [1.807, 2.05) is 19.9 Å². The van der Waals surface area contributed by atoms with Gasteiger partial charge in [0, 0.05) is 0 Å². The molecule has 2 saturated carbocycles. The summed E-state index contributed by atoms with van der Waals surface area (Å²) in [7, 11) is 0. The number of fused-ring (bicyclic) bond motifs is 1. The van der Waals surface area contributed by atoms with Gasteiger partial charge in [-0.05, 0) is 106 Å². The molecule has 0 aromatic heterocycles. The van der Waals surface area contributed by atoms with Crippen LogP contribution in [0, 0.1) is 36.5 Å². The third-order valence-electron chi connectivity index (χ3n) is 8.97. The predicted octanol–water partition coefficient (Wildman–Crippen LogP) is 6.84. The third kappa shape index (κ3) is 4.55. The molecule has 3 rings (SSSR count). The molecule has 0 unspecified atom stereocenters. The molecule has 2 nitrogen and oxygen atoms in total. The molecule has 30 heavy (non-hydrogen) atoms. The molecule has 5 atom stereocenters. The van der Waals surface area contributed by atoms with Crippen molar-refractivity contribution in [3.8, 4) is 0 Å². The number of benzene rings is 1. The Morgan fingerprint density at radius 2 is 1.80 bits per heavy atom. The molecule has 0 heterocycles. The van der Waals surface area contributed by atoms with E-state index in [4.69, 9.17) is 0 Å². The highest BCUT2D eigenvalue weighted by Crippen LogP contribution is 2.63. The molecule has 0 saturated heterocycles. The van der Waals surface area contributed by atoms with Crippen LogP contribution in [0.1, 0.15) is 96.3 Å². The first-order chi connectivity index (χ1) is 13.8. The van der Waals surface area contributed by atoms with Gasteiger partial charge in [-0.1, -0.05) is 57.5 Å². The first-order valence-electron chi connectivity index (χ1n) is 12.0. The van der Waals surface area contributed by atoms with Crippen LogP contribution in [-0.2, 0) is 0 Å². The van der Waals surface area contributed by atoms with Gasteiger partial charge in [-0.2, -0.15) is 0 Å². The lowest BCUT2D eigenvalue weighted by molar-refractivity contribution is -0.171. The second kappa shape index (κ2) is 8.10. The van der Waals surface area contributed by atoms with E-state index in [2.05, 4.69) is 58.9 Å². The minimum absolute atomic E-state index is 0.149. The zero-order valence-corrected chi connectivity index (χ0v) is 20.4. The van der Waals surface area contributed by atoms with Gasteiger partial charge >= 0.3 is 0 Å². The molecule has 2 aliphatic rings. The highest BCUT2D eigenvalue weighted by Gasteiger charge is 2.57. The minimum atomic E-state index is -0.875. The number of aliphatic hydroxyl groups is 2. The zero-order chi connectivity index (χ0) is 22.4. The molecule has 2 heteroatoms. The summed E-state index contributed by atoms with van der Waals surface area (Å²) in [5, 5.41) is 22.5. The largest absolute Gasteiger partial charge is 0.390 e. The lowest BCUT2D eigenvalue weighted by Crippen LogP contribution is -2.57. The van der Waals surface area contributed by atoms with Crippen molar-refractivity contribution in [2.24, 2.45) is 22.7 Å². The van der Waals surface area contributed by atoms with Crippen LogP contribution in [0.25, 0.3) is 6.08 Å². The highest BCUT2D eigenvalue weighted by molar-refractivity contribution is 5.56. The van der Waals surface area contributed by atoms with E-state index < -0.39 is 11.2 Å². The Hall–Kier alpha value is -1.12. The zero-order valence-electron chi connectivity index (χ0n) is 20.4. The second-order valence-corrected chi connectivity index (χ2v) is 11.9. The average molecular weight is 413 g/mol. The second-order valence-electron chi connectivity index (χ2n) is 11.9. The number of aryl methyl sites for hydroxylation is 1. The van der Waals surface area contributed by atoms with Gasteiger partial charge < -0.3 is 10.2 Å². The lowest BCUT2D eigenvalue weighted by atomic mass is 9.45. The molecule has 2 N–H and O–H groups in total. The van der Waals surface area contributed by atoms with Crippen molar-refractivity contribution in [2.45, 2.75) is 105 Å². The van der Waals surface area contributed by atoms with E-state index in [0.29, 0.717) is 17.8 Å². The number of hydrogen-bond acceptors (Lipinski definition) is 2. The quantitative estimate of drug-likeness (QED) is 0.556. The van der Waals surface area contributed by atoms with Crippen LogP contribution in [0.4, 0.5) is 0 Å². The summed E-state index contributed by atoms with van der Waals surface area (Å²) in [6.45, 7) is 15.5. The fourth-order valence-corrected chi connectivity index (χ4v) is 7.01. The summed E-state index contributed by atoms with van der Waals surface area (Å²) >= 11 is 0. The summed E-state index contributed by atoms with van der Waals surface area (Å²) in [6.07, 6.45) is 11.3. The summed E-state index contributed by atoms with van der Waals surface area (Å²) < 4.78 is 0. The molecule has 168 valence electrons. The Morgan fingerprint density at radius 3 is 2.50 bits per heavy atom. The van der Waals surface area contributed by atoms with Crippen molar-refractivity contribution in [2.75, 3.05) is 0 Å². The molecule has 2 fully saturated rings. The van der Waals surface area contributed by atoms with Crippen molar-refractivity contribution < 1.29 is 10.2 Å². The van der Waals surface area contributed by atoms with Crippen molar-refractivity contribution in [3.05, 3.63) is 41.0 Å². The maximum Gasteiger partial charge on any atom is 0.0803 e. The van der Waals surface area contributed by atoms with E-state index in [1.165, 1.54) is 36.0 Å². The summed E-state index contributed by atoms with van der Waals surface area (Å²) in [6, 6.07) is 6.30. The molecule has 2 aliphatic carbocycles. The van der Waals surface area contributed by atoms with Gasteiger partial charge in [-0.3, -0.25) is 0 Å². The fourth-order valence-electron chi connectivity index (χ4n) is 7.01. The summed E-state index contributed by atoms with van der Waals surface area (Å²) in [5.74, 6) is 0.878. The van der Waals surface area contributed by atoms with Gasteiger partial charge in [0.05, 0.1) is 11.2 Å². The van der Waals surface area contributed by atoms with Gasteiger partial charge in [-0.25, -0.2) is 0 Å². The summed E-state index contributed by atoms with van der Waals surface area (Å²) in [4.78, 5) is 0. The maximum absolute atomic E-state index is 11.4. The van der Waals surface area contributed by atoms with Crippen LogP contribution >= 0.6 is 0 Å². The van der Waals surface area contributed by atoms with E-state index >= 15 is 0 Å². The standard InChI is InChI=1S/C28H44O2/c1-20-10-8-11-22(21(20)2)12-17-26(5,29)18-13-24-27(6)16-9-15-25(3,4)23(27)14-19-28(24,7)30/h8,10-12,17,23-24,29-30H,9,13-16,18-19H2,1-7H3/b17-12+/t23-,24+,26-,27-,28+/m0/s1. The molecule has 0 radical (unpaired) electrons. The third-order valence-corrected chi connectivity index (χ3v) is 8.97. The fraction of sp³-hybridized carbons (Fsp3) is 0.714. The smallest absolute Gasteiger partial charge is 0.0803 e.